The second kappa shape index (κ2) is 9.54. The molecule has 1 heterocycles. The number of aromatic nitrogens is 4. The maximum absolute atomic E-state index is 13.0. The summed E-state index contributed by atoms with van der Waals surface area (Å²) in [5.41, 5.74) is 1.44. The summed E-state index contributed by atoms with van der Waals surface area (Å²) >= 11 is 0. The zero-order valence-corrected chi connectivity index (χ0v) is 16.5. The molecule has 29 heavy (non-hydrogen) atoms. The van der Waals surface area contributed by atoms with Crippen molar-refractivity contribution in [1.29, 1.82) is 0 Å². The van der Waals surface area contributed by atoms with Crippen molar-refractivity contribution in [2.24, 2.45) is 0 Å². The minimum absolute atomic E-state index is 0.263. The van der Waals surface area contributed by atoms with Gasteiger partial charge in [0.1, 0.15) is 23.2 Å². The molecular weight excluding hydrogens is 374 g/mol. The van der Waals surface area contributed by atoms with Crippen LogP contribution in [0.5, 0.6) is 17.2 Å². The lowest BCUT2D eigenvalue weighted by Gasteiger charge is -2.16. The summed E-state index contributed by atoms with van der Waals surface area (Å²) in [6, 6.07) is 12.6. The number of carbonyl (C=O) groups is 1. The van der Waals surface area contributed by atoms with Gasteiger partial charge in [0.25, 0.3) is 0 Å². The molecule has 0 aliphatic rings. The van der Waals surface area contributed by atoms with Crippen LogP contribution in [0.1, 0.15) is 24.2 Å². The summed E-state index contributed by atoms with van der Waals surface area (Å²) in [6.45, 7) is 2.49. The van der Waals surface area contributed by atoms with Crippen LogP contribution in [0.2, 0.25) is 0 Å². The van der Waals surface area contributed by atoms with Gasteiger partial charge < -0.3 is 19.5 Å². The summed E-state index contributed by atoms with van der Waals surface area (Å²) in [6.07, 6.45) is 0.308. The van der Waals surface area contributed by atoms with Gasteiger partial charge in [-0.2, -0.15) is 5.21 Å². The third-order valence-electron chi connectivity index (χ3n) is 4.33. The van der Waals surface area contributed by atoms with E-state index in [9.17, 15) is 4.79 Å². The molecule has 0 bridgehead atoms. The van der Waals surface area contributed by atoms with E-state index in [1.807, 2.05) is 13.0 Å². The molecule has 0 saturated heterocycles. The van der Waals surface area contributed by atoms with Crippen molar-refractivity contribution in [3.05, 3.63) is 53.9 Å². The molecule has 0 aliphatic heterocycles. The summed E-state index contributed by atoms with van der Waals surface area (Å²) < 4.78 is 16.2. The highest BCUT2D eigenvalue weighted by atomic mass is 16.5. The second-order valence-electron chi connectivity index (χ2n) is 6.15. The summed E-state index contributed by atoms with van der Waals surface area (Å²) in [5, 5.41) is 16.9. The Morgan fingerprint density at radius 2 is 1.86 bits per heavy atom. The minimum Gasteiger partial charge on any atom is -0.497 e. The van der Waals surface area contributed by atoms with Gasteiger partial charge in [-0.05, 0) is 61.4 Å². The van der Waals surface area contributed by atoms with Crippen LogP contribution in [-0.2, 0) is 11.2 Å². The van der Waals surface area contributed by atoms with E-state index < -0.39 is 5.92 Å². The summed E-state index contributed by atoms with van der Waals surface area (Å²) in [7, 11) is 3.16. The fraction of sp³-hybridized carbons (Fsp3) is 0.300. The zero-order valence-electron chi connectivity index (χ0n) is 16.5. The lowest BCUT2D eigenvalue weighted by molar-refractivity contribution is -0.117. The number of hydrogen-bond donors (Lipinski definition) is 2. The number of rotatable bonds is 9. The van der Waals surface area contributed by atoms with Gasteiger partial charge in [0.2, 0.25) is 5.91 Å². The van der Waals surface area contributed by atoms with Crippen LogP contribution in [0, 0.1) is 0 Å². The Morgan fingerprint density at radius 1 is 1.10 bits per heavy atom. The van der Waals surface area contributed by atoms with Gasteiger partial charge in [-0.1, -0.05) is 5.21 Å². The molecule has 0 fully saturated rings. The molecule has 9 heteroatoms. The number of benzene rings is 2. The minimum atomic E-state index is -0.679. The molecule has 0 unspecified atom stereocenters. The molecule has 3 rings (SSSR count). The highest BCUT2D eigenvalue weighted by Gasteiger charge is 2.27. The van der Waals surface area contributed by atoms with Crippen molar-refractivity contribution in [3.63, 3.8) is 0 Å². The molecule has 2 N–H and O–H groups in total. The van der Waals surface area contributed by atoms with Crippen LogP contribution >= 0.6 is 0 Å². The summed E-state index contributed by atoms with van der Waals surface area (Å²) in [4.78, 5) is 13.0. The number of tetrazole rings is 1. The third-order valence-corrected chi connectivity index (χ3v) is 4.33. The summed E-state index contributed by atoms with van der Waals surface area (Å²) in [5.74, 6) is 1.40. The fourth-order valence-corrected chi connectivity index (χ4v) is 2.91. The first kappa shape index (κ1) is 20.1. The van der Waals surface area contributed by atoms with Crippen molar-refractivity contribution in [2.45, 2.75) is 19.3 Å². The van der Waals surface area contributed by atoms with E-state index in [2.05, 4.69) is 25.9 Å². The normalized spacial score (nSPS) is 11.6. The van der Waals surface area contributed by atoms with E-state index in [-0.39, 0.29) is 5.91 Å². The SMILES string of the molecule is CCOc1ccc(NC(=O)[C@@H](Cc2cc(OC)ccc2OC)c2nn[nH]n2)cc1. The molecule has 0 radical (unpaired) electrons. The van der Waals surface area contributed by atoms with E-state index in [1.54, 1.807) is 50.6 Å². The van der Waals surface area contributed by atoms with Gasteiger partial charge in [-0.15, -0.1) is 10.2 Å². The van der Waals surface area contributed by atoms with Crippen LogP contribution in [0.15, 0.2) is 42.5 Å². The van der Waals surface area contributed by atoms with E-state index in [1.165, 1.54) is 0 Å². The highest BCUT2D eigenvalue weighted by Crippen LogP contribution is 2.29. The number of H-pyrrole nitrogens is 1. The van der Waals surface area contributed by atoms with Crippen molar-refractivity contribution in [2.75, 3.05) is 26.1 Å². The number of aromatic amines is 1. The predicted octanol–water partition coefficient (Wildman–Crippen LogP) is 2.58. The molecule has 1 aromatic heterocycles. The number of methoxy groups -OCH3 is 2. The molecule has 2 aromatic carbocycles. The first-order chi connectivity index (χ1) is 14.1. The van der Waals surface area contributed by atoms with Crippen molar-refractivity contribution >= 4 is 11.6 Å². The van der Waals surface area contributed by atoms with Gasteiger partial charge >= 0.3 is 0 Å². The highest BCUT2D eigenvalue weighted by molar-refractivity contribution is 5.95. The number of ether oxygens (including phenoxy) is 3. The number of nitrogens with one attached hydrogen (secondary N) is 2. The van der Waals surface area contributed by atoms with Crippen LogP contribution in [0.25, 0.3) is 0 Å². The standard InChI is InChI=1S/C20H23N5O4/c1-4-29-15-7-5-14(6-8-15)21-20(26)17(19-22-24-25-23-19)12-13-11-16(27-2)9-10-18(13)28-3/h5-11,17H,4,12H2,1-3H3,(H,21,26)(H,22,23,24,25)/t17-/m0/s1. The quantitative estimate of drug-likeness (QED) is 0.571. The van der Waals surface area contributed by atoms with E-state index >= 15 is 0 Å². The Bertz CT molecular complexity index is 929. The number of amides is 1. The molecule has 3 aromatic rings. The first-order valence-corrected chi connectivity index (χ1v) is 9.12. The molecule has 152 valence electrons. The van der Waals surface area contributed by atoms with E-state index in [0.717, 1.165) is 11.3 Å². The average molecular weight is 397 g/mol. The Kier molecular flexibility index (Phi) is 6.62. The maximum atomic E-state index is 13.0. The molecule has 9 nitrogen and oxygen atoms in total. The molecule has 1 amide bonds. The Labute approximate surface area is 168 Å². The molecule has 0 saturated carbocycles. The topological polar surface area (TPSA) is 111 Å². The third kappa shape index (κ3) is 5.01. The largest absolute Gasteiger partial charge is 0.497 e. The number of carbonyl (C=O) groups excluding carboxylic acids is 1. The Morgan fingerprint density at radius 3 is 2.48 bits per heavy atom. The van der Waals surface area contributed by atoms with E-state index in [4.69, 9.17) is 14.2 Å². The van der Waals surface area contributed by atoms with Gasteiger partial charge in [-0.25, -0.2) is 0 Å². The van der Waals surface area contributed by atoms with Crippen LogP contribution in [0.4, 0.5) is 5.69 Å². The van der Waals surface area contributed by atoms with Crippen LogP contribution < -0.4 is 19.5 Å². The Hall–Kier alpha value is -3.62. The lowest BCUT2D eigenvalue weighted by atomic mass is 9.96. The van der Waals surface area contributed by atoms with Crippen molar-refractivity contribution < 1.29 is 19.0 Å². The van der Waals surface area contributed by atoms with Crippen LogP contribution in [0.3, 0.4) is 0 Å². The van der Waals surface area contributed by atoms with Gasteiger partial charge in [0.15, 0.2) is 5.82 Å². The number of hydrogen-bond acceptors (Lipinski definition) is 7. The van der Waals surface area contributed by atoms with Crippen molar-refractivity contribution in [3.8, 4) is 17.2 Å². The lowest BCUT2D eigenvalue weighted by Crippen LogP contribution is -2.24. The number of nitrogens with zero attached hydrogens (tertiary/aromatic N) is 3. The molecular formula is C20H23N5O4. The fourth-order valence-electron chi connectivity index (χ4n) is 2.91. The Balaban J connectivity index is 1.83. The van der Waals surface area contributed by atoms with Gasteiger partial charge in [0.05, 0.1) is 20.8 Å². The molecule has 0 aliphatic carbocycles. The monoisotopic (exact) mass is 397 g/mol. The molecule has 1 atom stereocenters. The van der Waals surface area contributed by atoms with Crippen LogP contribution in [-0.4, -0.2) is 47.4 Å². The smallest absolute Gasteiger partial charge is 0.235 e. The second-order valence-corrected chi connectivity index (χ2v) is 6.15. The van der Waals surface area contributed by atoms with Crippen molar-refractivity contribution in [1.82, 2.24) is 20.6 Å². The van der Waals surface area contributed by atoms with Gasteiger partial charge in [0, 0.05) is 5.69 Å². The predicted molar refractivity (Wildman–Crippen MR) is 106 cm³/mol. The van der Waals surface area contributed by atoms with E-state index in [0.29, 0.717) is 36.0 Å². The number of anilines is 1. The first-order valence-electron chi connectivity index (χ1n) is 9.12. The molecule has 0 spiro atoms. The van der Waals surface area contributed by atoms with Gasteiger partial charge in [-0.3, -0.25) is 4.79 Å². The maximum Gasteiger partial charge on any atom is 0.235 e. The zero-order chi connectivity index (χ0) is 20.6. The average Bonchev–Trinajstić information content (AvgIpc) is 3.27.